The van der Waals surface area contributed by atoms with Crippen LogP contribution in [0.4, 0.5) is 0 Å². The molecule has 0 spiro atoms. The van der Waals surface area contributed by atoms with Gasteiger partial charge in [0.25, 0.3) is 0 Å². The van der Waals surface area contributed by atoms with Gasteiger partial charge in [0.1, 0.15) is 6.10 Å². The fraction of sp³-hybridized carbons (Fsp3) is 0.250. The van der Waals surface area contributed by atoms with Gasteiger partial charge in [0.15, 0.2) is 5.41 Å². The van der Waals surface area contributed by atoms with E-state index < -0.39 is 21.4 Å². The van der Waals surface area contributed by atoms with E-state index in [4.69, 9.17) is 10.8 Å². The van der Waals surface area contributed by atoms with Crippen LogP contribution in [0.3, 0.4) is 0 Å². The zero-order valence-corrected chi connectivity index (χ0v) is 12.1. The molecule has 110 valence electrons. The maximum absolute atomic E-state index is 12.4. The monoisotopic (exact) mass is 305 g/mol. The van der Waals surface area contributed by atoms with Gasteiger partial charge in [-0.2, -0.15) is 0 Å². The van der Waals surface area contributed by atoms with Gasteiger partial charge in [0.05, 0.1) is 19.5 Å². The van der Waals surface area contributed by atoms with Crippen molar-refractivity contribution in [3.63, 3.8) is 0 Å². The Hall–Kier alpha value is -1.69. The Labute approximate surface area is 125 Å². The first-order valence-electron chi connectivity index (χ1n) is 7.13. The highest BCUT2D eigenvalue weighted by Gasteiger charge is 2.49. The van der Waals surface area contributed by atoms with Crippen molar-refractivity contribution in [3.8, 4) is 0 Å². The highest BCUT2D eigenvalue weighted by Crippen LogP contribution is 2.32. The van der Waals surface area contributed by atoms with E-state index in [2.05, 4.69) is 0 Å². The third-order valence-electron chi connectivity index (χ3n) is 3.16. The predicted octanol–water partition coefficient (Wildman–Crippen LogP) is 2.40. The van der Waals surface area contributed by atoms with E-state index in [-0.39, 0.29) is 11.5 Å². The molecule has 0 saturated carbocycles. The van der Waals surface area contributed by atoms with Gasteiger partial charge in [-0.15, -0.1) is 0 Å². The van der Waals surface area contributed by atoms with Gasteiger partial charge >= 0.3 is 0 Å². The van der Waals surface area contributed by atoms with Crippen LogP contribution in [0, 0.1) is 0 Å². The van der Waals surface area contributed by atoms with Gasteiger partial charge in [-0.25, -0.2) is 8.42 Å². The Bertz CT molecular complexity index is 733. The van der Waals surface area contributed by atoms with Gasteiger partial charge in [0, 0.05) is 0 Å². The molecule has 0 aromatic heterocycles. The summed E-state index contributed by atoms with van der Waals surface area (Å²) < 4.78 is 43.4. The number of rotatable bonds is 6. The number of epoxide rings is 1. The maximum Gasteiger partial charge on any atom is 0.207 e. The Morgan fingerprint density at radius 2 is 1.67 bits per heavy atom. The second-order valence-corrected chi connectivity index (χ2v) is 6.62. The van der Waals surface area contributed by atoms with Crippen molar-refractivity contribution in [3.05, 3.63) is 66.2 Å². The zero-order chi connectivity index (χ0) is 15.6. The molecule has 1 fully saturated rings. The number of ether oxygens (including phenoxy) is 2. The molecule has 0 unspecified atom stereocenters. The fourth-order valence-electron chi connectivity index (χ4n) is 2.02. The van der Waals surface area contributed by atoms with Crippen LogP contribution in [0.1, 0.15) is 6.93 Å². The molecule has 2 aromatic carbocycles. The van der Waals surface area contributed by atoms with Crippen molar-refractivity contribution < 1.29 is 19.3 Å². The van der Waals surface area contributed by atoms with Crippen LogP contribution in [-0.2, 0) is 25.9 Å². The van der Waals surface area contributed by atoms with Gasteiger partial charge in [-0.05, 0) is 17.7 Å². The molecule has 1 aliphatic heterocycles. The molecule has 0 radical (unpaired) electrons. The van der Waals surface area contributed by atoms with Gasteiger partial charge < -0.3 is 9.47 Å². The highest BCUT2D eigenvalue weighted by molar-refractivity contribution is 7.92. The molecule has 0 amide bonds. The van der Waals surface area contributed by atoms with Crippen LogP contribution < -0.4 is 0 Å². The summed E-state index contributed by atoms with van der Waals surface area (Å²) in [4.78, 5) is 0.0931. The summed E-state index contributed by atoms with van der Waals surface area (Å²) in [7, 11) is -3.85. The van der Waals surface area contributed by atoms with Crippen molar-refractivity contribution in [1.29, 1.82) is 0 Å². The topological polar surface area (TPSA) is 55.9 Å². The SMILES string of the molecule is [2H][C@]1(S(=O)(=O)c2ccccc2)O[C@@H]1COCc1ccccc1. The Balaban J connectivity index is 1.60. The number of sulfone groups is 1. The smallest absolute Gasteiger partial charge is 0.207 e. The zero-order valence-electron chi connectivity index (χ0n) is 12.3. The molecule has 2 aromatic rings. The molecule has 21 heavy (non-hydrogen) atoms. The summed E-state index contributed by atoms with van der Waals surface area (Å²) in [5.74, 6) is 0. The summed E-state index contributed by atoms with van der Waals surface area (Å²) in [5, 5.41) is 0. The lowest BCUT2D eigenvalue weighted by Gasteiger charge is -2.02. The molecular formula is C16H16O4S. The average Bonchev–Trinajstić information content (AvgIpc) is 3.22. The number of hydrogen-bond donors (Lipinski definition) is 0. The van der Waals surface area contributed by atoms with E-state index in [1.807, 2.05) is 30.3 Å². The first-order chi connectivity index (χ1) is 10.5. The quantitative estimate of drug-likeness (QED) is 0.769. The lowest BCUT2D eigenvalue weighted by atomic mass is 10.2. The van der Waals surface area contributed by atoms with Crippen molar-refractivity contribution in [2.75, 3.05) is 6.61 Å². The summed E-state index contributed by atoms with van der Waals surface area (Å²) in [6.07, 6.45) is -0.763. The van der Waals surface area contributed by atoms with Gasteiger partial charge in [0.2, 0.25) is 9.84 Å². The Morgan fingerprint density at radius 1 is 1.05 bits per heavy atom. The average molecular weight is 305 g/mol. The van der Waals surface area contributed by atoms with Gasteiger partial charge in [-0.3, -0.25) is 0 Å². The van der Waals surface area contributed by atoms with Gasteiger partial charge in [-0.1, -0.05) is 48.5 Å². The Morgan fingerprint density at radius 3 is 2.33 bits per heavy atom. The van der Waals surface area contributed by atoms with E-state index in [0.29, 0.717) is 6.61 Å². The molecule has 3 rings (SSSR count). The van der Waals surface area contributed by atoms with Crippen molar-refractivity contribution in [2.45, 2.75) is 23.0 Å². The second-order valence-electron chi connectivity index (χ2n) is 4.74. The molecule has 0 bridgehead atoms. The second kappa shape index (κ2) is 5.97. The lowest BCUT2D eigenvalue weighted by molar-refractivity contribution is 0.104. The van der Waals surface area contributed by atoms with Crippen LogP contribution in [0.2, 0.25) is 0 Å². The first kappa shape index (κ1) is 13.0. The van der Waals surface area contributed by atoms with Crippen LogP contribution >= 0.6 is 0 Å². The number of benzene rings is 2. The van der Waals surface area contributed by atoms with Crippen molar-refractivity contribution >= 4 is 9.84 Å². The van der Waals surface area contributed by atoms with E-state index in [0.717, 1.165) is 5.56 Å². The molecule has 1 heterocycles. The van der Waals surface area contributed by atoms with Crippen molar-refractivity contribution in [2.24, 2.45) is 0 Å². The summed E-state index contributed by atoms with van der Waals surface area (Å²) in [5.41, 5.74) is -0.949. The van der Waals surface area contributed by atoms with E-state index in [1.54, 1.807) is 18.2 Å². The standard InChI is InChI=1S/C16H16O4S/c17-21(18,14-9-5-2-6-10-14)16-15(20-16)12-19-11-13-7-3-1-4-8-13/h1-10,15-16H,11-12H2/t15-,16-/m1/s1/i16D. The molecule has 2 atom stereocenters. The molecule has 1 saturated heterocycles. The minimum absolute atomic E-state index is 0.0739. The molecule has 0 aliphatic carbocycles. The summed E-state index contributed by atoms with van der Waals surface area (Å²) in [6.45, 7) is 0.437. The van der Waals surface area contributed by atoms with E-state index >= 15 is 0 Å². The third-order valence-corrected chi connectivity index (χ3v) is 4.94. The largest absolute Gasteiger partial charge is 0.374 e. The molecule has 5 heteroatoms. The first-order valence-corrected chi connectivity index (χ1v) is 8.11. The summed E-state index contributed by atoms with van der Waals surface area (Å²) in [6, 6.07) is 17.5. The van der Waals surface area contributed by atoms with Crippen LogP contribution in [0.15, 0.2) is 65.6 Å². The van der Waals surface area contributed by atoms with Crippen LogP contribution in [-0.4, -0.2) is 26.5 Å². The van der Waals surface area contributed by atoms with Crippen molar-refractivity contribution in [1.82, 2.24) is 0 Å². The fourth-order valence-corrected chi connectivity index (χ4v) is 3.42. The van der Waals surface area contributed by atoms with E-state index in [9.17, 15) is 8.42 Å². The predicted molar refractivity (Wildman–Crippen MR) is 78.4 cm³/mol. The van der Waals surface area contributed by atoms with Crippen LogP contribution in [0.25, 0.3) is 0 Å². The lowest BCUT2D eigenvalue weighted by Crippen LogP contribution is -2.14. The maximum atomic E-state index is 12.4. The van der Waals surface area contributed by atoms with E-state index in [1.165, 1.54) is 12.1 Å². The molecule has 4 nitrogen and oxygen atoms in total. The summed E-state index contributed by atoms with van der Waals surface area (Å²) >= 11 is 0. The molecule has 0 N–H and O–H groups in total. The molecular weight excluding hydrogens is 288 g/mol. The highest BCUT2D eigenvalue weighted by atomic mass is 32.2. The minimum atomic E-state index is -3.85. The Kier molecular flexibility index (Phi) is 3.70. The normalized spacial score (nSPS) is 25.3. The molecule has 1 aliphatic rings. The minimum Gasteiger partial charge on any atom is -0.374 e. The van der Waals surface area contributed by atoms with Crippen LogP contribution in [0.5, 0.6) is 0 Å². The third kappa shape index (κ3) is 3.32. The number of hydrogen-bond acceptors (Lipinski definition) is 4.